The van der Waals surface area contributed by atoms with Crippen LogP contribution in [-0.4, -0.2) is 31.9 Å². The van der Waals surface area contributed by atoms with Crippen molar-refractivity contribution >= 4 is 15.7 Å². The van der Waals surface area contributed by atoms with Crippen molar-refractivity contribution in [2.45, 2.75) is 39.3 Å². The Bertz CT molecular complexity index is 673. The minimum atomic E-state index is -2.97. The van der Waals surface area contributed by atoms with Gasteiger partial charge in [0.25, 0.3) is 0 Å². The van der Waals surface area contributed by atoms with E-state index in [1.165, 1.54) is 6.07 Å². The molecule has 5 nitrogen and oxygen atoms in total. The molecule has 7 heteroatoms. The molecule has 0 aromatic heterocycles. The first kappa shape index (κ1) is 17.7. The Morgan fingerprint density at radius 1 is 1.43 bits per heavy atom. The lowest BCUT2D eigenvalue weighted by molar-refractivity contribution is -0.122. The standard InChI is InChI=1S/C16H22FNO4S/c1-11(2)22-15-4-3-12(7-14(15)17)9-18-16(19)8-13-5-6-23(20,21)10-13/h3-4,7,11,13H,5-6,8-10H2,1-2H3,(H,18,19)/t13-/m0/s1. The third-order valence-corrected chi connectivity index (χ3v) is 5.49. The molecular weight excluding hydrogens is 321 g/mol. The molecule has 1 fully saturated rings. The molecule has 1 aromatic rings. The number of benzene rings is 1. The molecule has 1 saturated heterocycles. The fourth-order valence-electron chi connectivity index (χ4n) is 2.57. The zero-order chi connectivity index (χ0) is 17.0. The van der Waals surface area contributed by atoms with E-state index in [1.54, 1.807) is 12.1 Å². The van der Waals surface area contributed by atoms with Crippen LogP contribution in [0.15, 0.2) is 18.2 Å². The number of halogens is 1. The lowest BCUT2D eigenvalue weighted by atomic mass is 10.0. The van der Waals surface area contributed by atoms with E-state index in [9.17, 15) is 17.6 Å². The normalized spacial score (nSPS) is 19.7. The molecule has 1 amide bonds. The fraction of sp³-hybridized carbons (Fsp3) is 0.562. The Hall–Kier alpha value is -1.63. The average molecular weight is 343 g/mol. The zero-order valence-electron chi connectivity index (χ0n) is 13.3. The lowest BCUT2D eigenvalue weighted by Gasteiger charge is -2.12. The van der Waals surface area contributed by atoms with Crippen LogP contribution in [0.4, 0.5) is 4.39 Å². The summed E-state index contributed by atoms with van der Waals surface area (Å²) in [5.41, 5.74) is 0.631. The second-order valence-corrected chi connectivity index (χ2v) is 8.41. The molecule has 0 unspecified atom stereocenters. The topological polar surface area (TPSA) is 72.5 Å². The van der Waals surface area contributed by atoms with Gasteiger partial charge in [-0.3, -0.25) is 4.79 Å². The fourth-order valence-corrected chi connectivity index (χ4v) is 4.43. The van der Waals surface area contributed by atoms with Crippen molar-refractivity contribution in [3.63, 3.8) is 0 Å². The van der Waals surface area contributed by atoms with E-state index in [0.717, 1.165) is 0 Å². The van der Waals surface area contributed by atoms with Gasteiger partial charge >= 0.3 is 0 Å². The summed E-state index contributed by atoms with van der Waals surface area (Å²) in [6, 6.07) is 4.57. The molecule has 1 heterocycles. The molecule has 1 atom stereocenters. The number of hydrogen-bond acceptors (Lipinski definition) is 4. The Morgan fingerprint density at radius 2 is 2.17 bits per heavy atom. The highest BCUT2D eigenvalue weighted by Crippen LogP contribution is 2.22. The summed E-state index contributed by atoms with van der Waals surface area (Å²) in [5.74, 6) is -0.365. The maximum atomic E-state index is 13.8. The first-order chi connectivity index (χ1) is 10.7. The molecule has 0 bridgehead atoms. The summed E-state index contributed by atoms with van der Waals surface area (Å²) >= 11 is 0. The molecule has 1 N–H and O–H groups in total. The van der Waals surface area contributed by atoms with E-state index in [1.807, 2.05) is 13.8 Å². The van der Waals surface area contributed by atoms with Crippen molar-refractivity contribution in [2.24, 2.45) is 5.92 Å². The van der Waals surface area contributed by atoms with Gasteiger partial charge in [-0.1, -0.05) is 6.07 Å². The van der Waals surface area contributed by atoms with Gasteiger partial charge in [-0.05, 0) is 43.9 Å². The van der Waals surface area contributed by atoms with Crippen molar-refractivity contribution in [3.8, 4) is 5.75 Å². The van der Waals surface area contributed by atoms with Crippen molar-refractivity contribution in [2.75, 3.05) is 11.5 Å². The van der Waals surface area contributed by atoms with Crippen LogP contribution >= 0.6 is 0 Å². The van der Waals surface area contributed by atoms with Gasteiger partial charge in [0.15, 0.2) is 21.4 Å². The number of carbonyl (C=O) groups excluding carboxylic acids is 1. The molecule has 0 radical (unpaired) electrons. The van der Waals surface area contributed by atoms with Gasteiger partial charge in [-0.25, -0.2) is 12.8 Å². The average Bonchev–Trinajstić information content (AvgIpc) is 2.78. The minimum Gasteiger partial charge on any atom is -0.488 e. The molecule has 0 aliphatic carbocycles. The summed E-state index contributed by atoms with van der Waals surface area (Å²) in [6.45, 7) is 3.84. The molecule has 23 heavy (non-hydrogen) atoms. The van der Waals surface area contributed by atoms with Crippen LogP contribution in [-0.2, 0) is 21.2 Å². The van der Waals surface area contributed by atoms with Crippen LogP contribution in [0, 0.1) is 11.7 Å². The Balaban J connectivity index is 1.83. The number of amides is 1. The quantitative estimate of drug-likeness (QED) is 0.858. The molecule has 0 spiro atoms. The van der Waals surface area contributed by atoms with E-state index in [2.05, 4.69) is 5.32 Å². The van der Waals surface area contributed by atoms with Gasteiger partial charge in [-0.2, -0.15) is 0 Å². The predicted molar refractivity (Wildman–Crippen MR) is 85.4 cm³/mol. The predicted octanol–water partition coefficient (Wildman–Crippen LogP) is 2.05. The van der Waals surface area contributed by atoms with Gasteiger partial charge in [0.2, 0.25) is 5.91 Å². The van der Waals surface area contributed by atoms with Crippen molar-refractivity contribution in [3.05, 3.63) is 29.6 Å². The third kappa shape index (κ3) is 5.49. The summed E-state index contributed by atoms with van der Waals surface area (Å²) in [6.07, 6.45) is 0.611. The highest BCUT2D eigenvalue weighted by Gasteiger charge is 2.29. The van der Waals surface area contributed by atoms with E-state index in [0.29, 0.717) is 12.0 Å². The Morgan fingerprint density at radius 3 is 2.74 bits per heavy atom. The van der Waals surface area contributed by atoms with Gasteiger partial charge in [-0.15, -0.1) is 0 Å². The van der Waals surface area contributed by atoms with E-state index in [-0.39, 0.29) is 48.1 Å². The first-order valence-electron chi connectivity index (χ1n) is 7.67. The SMILES string of the molecule is CC(C)Oc1ccc(CNC(=O)C[C@@H]2CCS(=O)(=O)C2)cc1F. The number of rotatable bonds is 6. The van der Waals surface area contributed by atoms with Gasteiger partial charge in [0.1, 0.15) is 0 Å². The van der Waals surface area contributed by atoms with Crippen LogP contribution < -0.4 is 10.1 Å². The van der Waals surface area contributed by atoms with Crippen LogP contribution in [0.2, 0.25) is 0 Å². The highest BCUT2D eigenvalue weighted by molar-refractivity contribution is 7.91. The summed E-state index contributed by atoms with van der Waals surface area (Å²) < 4.78 is 41.9. The number of hydrogen-bond donors (Lipinski definition) is 1. The third-order valence-electron chi connectivity index (χ3n) is 3.65. The monoisotopic (exact) mass is 343 g/mol. The largest absolute Gasteiger partial charge is 0.488 e. The van der Waals surface area contributed by atoms with Crippen LogP contribution in [0.25, 0.3) is 0 Å². The van der Waals surface area contributed by atoms with E-state index in [4.69, 9.17) is 4.74 Å². The van der Waals surface area contributed by atoms with Crippen LogP contribution in [0.5, 0.6) is 5.75 Å². The van der Waals surface area contributed by atoms with Crippen LogP contribution in [0.1, 0.15) is 32.3 Å². The minimum absolute atomic E-state index is 0.0796. The molecule has 128 valence electrons. The van der Waals surface area contributed by atoms with Gasteiger partial charge < -0.3 is 10.1 Å². The van der Waals surface area contributed by atoms with E-state index >= 15 is 0 Å². The molecule has 1 aliphatic rings. The number of sulfone groups is 1. The lowest BCUT2D eigenvalue weighted by Crippen LogP contribution is -2.25. The second-order valence-electron chi connectivity index (χ2n) is 6.18. The molecule has 1 aliphatic heterocycles. The summed E-state index contributed by atoms with van der Waals surface area (Å²) in [7, 11) is -2.97. The summed E-state index contributed by atoms with van der Waals surface area (Å²) in [4.78, 5) is 11.9. The zero-order valence-corrected chi connectivity index (χ0v) is 14.2. The number of ether oxygens (including phenoxy) is 1. The smallest absolute Gasteiger partial charge is 0.220 e. The van der Waals surface area contributed by atoms with Gasteiger partial charge in [0.05, 0.1) is 17.6 Å². The molecular formula is C16H22FNO4S. The Labute approximate surface area is 136 Å². The van der Waals surface area contributed by atoms with Crippen molar-refractivity contribution in [1.82, 2.24) is 5.32 Å². The second kappa shape index (κ2) is 7.29. The van der Waals surface area contributed by atoms with Crippen molar-refractivity contribution in [1.29, 1.82) is 0 Å². The Kier molecular flexibility index (Phi) is 5.62. The first-order valence-corrected chi connectivity index (χ1v) is 9.49. The molecule has 0 saturated carbocycles. The maximum Gasteiger partial charge on any atom is 0.220 e. The highest BCUT2D eigenvalue weighted by atomic mass is 32.2. The van der Waals surface area contributed by atoms with Crippen LogP contribution in [0.3, 0.4) is 0 Å². The number of carbonyl (C=O) groups is 1. The summed E-state index contributed by atoms with van der Waals surface area (Å²) in [5, 5.41) is 2.70. The maximum absolute atomic E-state index is 13.8. The number of nitrogens with one attached hydrogen (secondary N) is 1. The van der Waals surface area contributed by atoms with Gasteiger partial charge in [0, 0.05) is 13.0 Å². The van der Waals surface area contributed by atoms with Crippen molar-refractivity contribution < 1.29 is 22.3 Å². The molecule has 1 aromatic carbocycles. The van der Waals surface area contributed by atoms with E-state index < -0.39 is 15.7 Å². The molecule has 2 rings (SSSR count).